The van der Waals surface area contributed by atoms with E-state index in [-0.39, 0.29) is 29.0 Å². The number of aromatic nitrogens is 4. The summed E-state index contributed by atoms with van der Waals surface area (Å²) in [5.74, 6) is -0.931. The number of nitrogens with zero attached hydrogens (tertiary/aromatic N) is 4. The molecule has 56 heavy (non-hydrogen) atoms. The summed E-state index contributed by atoms with van der Waals surface area (Å²) in [6.45, 7) is 7.06. The van der Waals surface area contributed by atoms with Gasteiger partial charge in [0, 0.05) is 53.1 Å². The number of halogens is 1. The molecule has 0 radical (unpaired) electrons. The van der Waals surface area contributed by atoms with Crippen LogP contribution in [0.1, 0.15) is 61.1 Å². The molecule has 4 aromatic carbocycles. The normalized spacial score (nSPS) is 15.3. The molecule has 1 saturated carbocycles. The number of pyridine rings is 2. The van der Waals surface area contributed by atoms with Gasteiger partial charge in [0.25, 0.3) is 0 Å². The molecular weight excluding hydrogens is 704 g/mol. The molecule has 1 aliphatic carbocycles. The van der Waals surface area contributed by atoms with Crippen molar-refractivity contribution in [1.29, 1.82) is 0 Å². The van der Waals surface area contributed by atoms with Crippen LogP contribution >= 0.6 is 0 Å². The molecule has 10 heteroatoms. The van der Waals surface area contributed by atoms with E-state index in [1.807, 2.05) is 67.8 Å². The van der Waals surface area contributed by atoms with E-state index in [9.17, 15) is 9.59 Å². The summed E-state index contributed by atoms with van der Waals surface area (Å²) >= 11 is 0. The molecule has 2 atom stereocenters. The first-order valence-corrected chi connectivity index (χ1v) is 18.6. The van der Waals surface area contributed by atoms with Crippen molar-refractivity contribution >= 4 is 34.3 Å². The number of nitrogens with one attached hydrogen (secondary N) is 2. The fourth-order valence-electron chi connectivity index (χ4n) is 7.54. The van der Waals surface area contributed by atoms with Gasteiger partial charge < -0.3 is 14.6 Å². The van der Waals surface area contributed by atoms with E-state index >= 15 is 4.39 Å². The Morgan fingerprint density at radius 3 is 2.02 bits per heavy atom. The quantitative estimate of drug-likeness (QED) is 0.142. The van der Waals surface area contributed by atoms with E-state index in [2.05, 4.69) is 67.8 Å². The number of ether oxygens (including phenoxy) is 1. The van der Waals surface area contributed by atoms with Crippen molar-refractivity contribution in [2.75, 3.05) is 10.6 Å². The predicted molar refractivity (Wildman–Crippen MR) is 216 cm³/mol. The number of benzene rings is 4. The highest BCUT2D eigenvalue weighted by atomic mass is 19.1. The molecule has 7 aromatic rings. The van der Waals surface area contributed by atoms with Crippen LogP contribution in [0.25, 0.3) is 21.9 Å². The van der Waals surface area contributed by atoms with Gasteiger partial charge in [0.15, 0.2) is 5.82 Å². The van der Waals surface area contributed by atoms with Crippen molar-refractivity contribution in [2.45, 2.75) is 51.2 Å². The van der Waals surface area contributed by atoms with E-state index in [0.717, 1.165) is 27.9 Å². The molecule has 2 N–H and O–H groups in total. The topological polar surface area (TPSA) is 111 Å². The van der Waals surface area contributed by atoms with Gasteiger partial charge in [0.1, 0.15) is 17.0 Å². The first-order chi connectivity index (χ1) is 27.0. The van der Waals surface area contributed by atoms with Gasteiger partial charge in [-0.15, -0.1) is 0 Å². The number of fused-ring (bicyclic) bond motifs is 1. The number of amides is 2. The Morgan fingerprint density at radius 1 is 0.804 bits per heavy atom. The molecule has 1 aliphatic rings. The fraction of sp³-hybridized carbons (Fsp3) is 0.196. The monoisotopic (exact) mass is 744 g/mol. The second-order valence-corrected chi connectivity index (χ2v) is 15.2. The van der Waals surface area contributed by atoms with E-state index in [0.29, 0.717) is 28.6 Å². The van der Waals surface area contributed by atoms with Gasteiger partial charge in [-0.05, 0) is 80.0 Å². The van der Waals surface area contributed by atoms with Crippen LogP contribution < -0.4 is 10.6 Å². The van der Waals surface area contributed by atoms with Crippen molar-refractivity contribution in [2.24, 2.45) is 5.92 Å². The molecule has 0 bridgehead atoms. The zero-order chi connectivity index (χ0) is 39.0. The minimum absolute atomic E-state index is 0.0733. The lowest BCUT2D eigenvalue weighted by atomic mass is 9.77. The Labute approximate surface area is 324 Å². The van der Waals surface area contributed by atoms with Crippen molar-refractivity contribution in [1.82, 2.24) is 19.5 Å². The van der Waals surface area contributed by atoms with Crippen LogP contribution in [0.2, 0.25) is 0 Å². The van der Waals surface area contributed by atoms with Gasteiger partial charge in [0.05, 0.1) is 17.7 Å². The lowest BCUT2D eigenvalue weighted by Crippen LogP contribution is -2.36. The number of carbonyl (C=O) groups is 2. The SMILES string of the molecule is Cc1ccncc1-c1cc2cc(NC(=O)[C@H]3C[C@@H]3c3cn(C(c4ccccc4)(c4ccccc4)c4ccccc4)cn3)ncc2c(NC(=O)OC(C)(C)C)c1F. The number of carbonyl (C=O) groups excluding carboxylic acids is 2. The fourth-order valence-corrected chi connectivity index (χ4v) is 7.54. The Balaban J connectivity index is 1.09. The molecule has 0 spiro atoms. The van der Waals surface area contributed by atoms with Crippen molar-refractivity contribution in [3.05, 3.63) is 174 Å². The molecule has 280 valence electrons. The highest BCUT2D eigenvalue weighted by Crippen LogP contribution is 2.49. The largest absolute Gasteiger partial charge is 0.444 e. The summed E-state index contributed by atoms with van der Waals surface area (Å²) in [7, 11) is 0. The van der Waals surface area contributed by atoms with Crippen LogP contribution in [-0.4, -0.2) is 37.1 Å². The standard InChI is InChI=1S/C46H41FN6O3/c1-29-20-21-48-25-37(29)35-22-30-23-40(49-26-38(30)42(41(35)47)52-44(55)56-45(2,3)4)51-43(54)36-24-34(36)39-27-53(28-50-39)46(31-14-8-5-9-15-31,32-16-10-6-11-17-32)33-18-12-7-13-19-33/h5-23,25-28,34,36H,24H2,1-4H3,(H,52,55)(H,49,51,54)/t34-,36-/m0/s1. The Kier molecular flexibility index (Phi) is 9.41. The van der Waals surface area contributed by atoms with E-state index in [4.69, 9.17) is 9.72 Å². The third-order valence-electron chi connectivity index (χ3n) is 10.2. The second-order valence-electron chi connectivity index (χ2n) is 15.2. The van der Waals surface area contributed by atoms with Crippen LogP contribution in [-0.2, 0) is 15.1 Å². The van der Waals surface area contributed by atoms with E-state index in [1.54, 1.807) is 51.4 Å². The second kappa shape index (κ2) is 14.5. The zero-order valence-electron chi connectivity index (χ0n) is 31.5. The summed E-state index contributed by atoms with van der Waals surface area (Å²) in [5, 5.41) is 6.50. The highest BCUT2D eigenvalue weighted by Gasteiger charge is 2.47. The Morgan fingerprint density at radius 2 is 1.43 bits per heavy atom. The van der Waals surface area contributed by atoms with Gasteiger partial charge >= 0.3 is 6.09 Å². The maximum Gasteiger partial charge on any atom is 0.412 e. The van der Waals surface area contributed by atoms with Crippen LogP contribution in [0.3, 0.4) is 0 Å². The Hall–Kier alpha value is -6.68. The molecular formula is C46H41FN6O3. The lowest BCUT2D eigenvalue weighted by molar-refractivity contribution is -0.117. The highest BCUT2D eigenvalue weighted by molar-refractivity contribution is 6.05. The number of hydrogen-bond donors (Lipinski definition) is 2. The molecule has 8 rings (SSSR count). The van der Waals surface area contributed by atoms with Gasteiger partial charge in [0.2, 0.25) is 5.91 Å². The zero-order valence-corrected chi connectivity index (χ0v) is 31.5. The third kappa shape index (κ3) is 6.90. The molecule has 9 nitrogen and oxygen atoms in total. The Bertz CT molecular complexity index is 2460. The number of imidazole rings is 1. The first-order valence-electron chi connectivity index (χ1n) is 18.6. The van der Waals surface area contributed by atoms with Crippen LogP contribution in [0.4, 0.5) is 20.7 Å². The van der Waals surface area contributed by atoms with E-state index in [1.165, 1.54) is 6.20 Å². The van der Waals surface area contributed by atoms with Gasteiger partial charge in [-0.3, -0.25) is 15.1 Å². The average molecular weight is 745 g/mol. The van der Waals surface area contributed by atoms with Crippen molar-refractivity contribution in [3.8, 4) is 11.1 Å². The number of hydrogen-bond acceptors (Lipinski definition) is 6. The average Bonchev–Trinajstić information content (AvgIpc) is 3.85. The van der Waals surface area contributed by atoms with Gasteiger partial charge in [-0.2, -0.15) is 0 Å². The molecule has 3 heterocycles. The molecule has 0 unspecified atom stereocenters. The molecule has 2 amide bonds. The first kappa shape index (κ1) is 36.3. The van der Waals surface area contributed by atoms with Crippen LogP contribution in [0.5, 0.6) is 0 Å². The molecule has 3 aromatic heterocycles. The number of aryl methyl sites for hydroxylation is 1. The third-order valence-corrected chi connectivity index (χ3v) is 10.2. The molecule has 0 aliphatic heterocycles. The van der Waals surface area contributed by atoms with Crippen molar-refractivity contribution < 1.29 is 18.7 Å². The maximum atomic E-state index is 16.3. The molecule has 0 saturated heterocycles. The number of anilines is 2. The predicted octanol–water partition coefficient (Wildman–Crippen LogP) is 9.87. The van der Waals surface area contributed by atoms with Crippen molar-refractivity contribution in [3.63, 3.8) is 0 Å². The van der Waals surface area contributed by atoms with Crippen LogP contribution in [0.15, 0.2) is 140 Å². The van der Waals surface area contributed by atoms with Crippen LogP contribution in [0, 0.1) is 18.7 Å². The summed E-state index contributed by atoms with van der Waals surface area (Å²) in [5.41, 5.74) is 4.12. The summed E-state index contributed by atoms with van der Waals surface area (Å²) in [4.78, 5) is 40.2. The summed E-state index contributed by atoms with van der Waals surface area (Å²) in [6, 6.07) is 36.3. The minimum atomic E-state index is -0.800. The van der Waals surface area contributed by atoms with Gasteiger partial charge in [-0.1, -0.05) is 91.0 Å². The maximum absolute atomic E-state index is 16.3. The lowest BCUT2D eigenvalue weighted by Gasteiger charge is -2.37. The molecule has 1 fully saturated rings. The summed E-state index contributed by atoms with van der Waals surface area (Å²) < 4.78 is 23.9. The smallest absolute Gasteiger partial charge is 0.412 e. The minimum Gasteiger partial charge on any atom is -0.444 e. The number of rotatable bonds is 9. The summed E-state index contributed by atoms with van der Waals surface area (Å²) in [6.07, 6.45) is 8.43. The van der Waals surface area contributed by atoms with Gasteiger partial charge in [-0.25, -0.2) is 19.2 Å². The van der Waals surface area contributed by atoms with E-state index < -0.39 is 23.1 Å².